The molecule has 3 rings (SSSR count). The lowest BCUT2D eigenvalue weighted by molar-refractivity contribution is -0.145. The Morgan fingerprint density at radius 1 is 0.750 bits per heavy atom. The summed E-state index contributed by atoms with van der Waals surface area (Å²) in [5, 5.41) is 2.77. The number of carbonyl (C=O) groups excluding carboxylic acids is 4. The van der Waals surface area contributed by atoms with Crippen molar-refractivity contribution in [3.05, 3.63) is 101 Å². The smallest absolute Gasteiger partial charge is 0.306 e. The van der Waals surface area contributed by atoms with Gasteiger partial charge in [-0.3, -0.25) is 30.0 Å². The average Bonchev–Trinajstić information content (AvgIpc) is 2.89. The van der Waals surface area contributed by atoms with Crippen molar-refractivity contribution < 1.29 is 23.9 Å². The molecular formula is C28H29N3O5. The number of benzene rings is 3. The molecule has 186 valence electrons. The molecule has 0 saturated carbocycles. The van der Waals surface area contributed by atoms with Crippen LogP contribution in [0.5, 0.6) is 0 Å². The molecule has 3 amide bonds. The molecule has 0 aliphatic heterocycles. The van der Waals surface area contributed by atoms with Crippen LogP contribution in [-0.4, -0.2) is 30.3 Å². The molecule has 0 saturated heterocycles. The Morgan fingerprint density at radius 3 is 2.22 bits per heavy atom. The van der Waals surface area contributed by atoms with E-state index in [4.69, 9.17) is 4.74 Å². The average molecular weight is 488 g/mol. The third-order valence-corrected chi connectivity index (χ3v) is 5.27. The van der Waals surface area contributed by atoms with E-state index in [0.29, 0.717) is 23.2 Å². The van der Waals surface area contributed by atoms with Crippen LogP contribution in [0.2, 0.25) is 0 Å². The molecule has 8 heteroatoms. The van der Waals surface area contributed by atoms with Crippen LogP contribution in [0.25, 0.3) is 0 Å². The van der Waals surface area contributed by atoms with Crippen LogP contribution in [0.1, 0.15) is 51.1 Å². The van der Waals surface area contributed by atoms with Crippen molar-refractivity contribution in [2.75, 3.05) is 11.9 Å². The van der Waals surface area contributed by atoms with Gasteiger partial charge in [-0.25, -0.2) is 0 Å². The lowest BCUT2D eigenvalue weighted by Gasteiger charge is -2.09. The molecule has 0 fully saturated rings. The molecule has 8 nitrogen and oxygen atoms in total. The maximum absolute atomic E-state index is 12.3. The zero-order valence-corrected chi connectivity index (χ0v) is 20.1. The fourth-order valence-electron chi connectivity index (χ4n) is 3.35. The van der Waals surface area contributed by atoms with Crippen molar-refractivity contribution >= 4 is 29.4 Å². The monoisotopic (exact) mass is 487 g/mol. The van der Waals surface area contributed by atoms with Crippen molar-refractivity contribution in [3.8, 4) is 0 Å². The van der Waals surface area contributed by atoms with E-state index in [9.17, 15) is 19.2 Å². The Bertz CT molecular complexity index is 1190. The minimum atomic E-state index is -0.525. The van der Waals surface area contributed by atoms with Crippen molar-refractivity contribution in [1.29, 1.82) is 0 Å². The maximum atomic E-state index is 12.3. The van der Waals surface area contributed by atoms with Crippen molar-refractivity contribution in [2.45, 2.75) is 32.6 Å². The topological polar surface area (TPSA) is 114 Å². The summed E-state index contributed by atoms with van der Waals surface area (Å²) >= 11 is 0. The van der Waals surface area contributed by atoms with E-state index in [1.54, 1.807) is 24.3 Å². The molecule has 3 aromatic carbocycles. The first kappa shape index (κ1) is 26.2. The largest absolute Gasteiger partial charge is 0.466 e. The number of hydrogen-bond acceptors (Lipinski definition) is 5. The molecule has 3 aromatic rings. The van der Waals surface area contributed by atoms with E-state index >= 15 is 0 Å². The summed E-state index contributed by atoms with van der Waals surface area (Å²) in [6.45, 7) is 2.19. The SMILES string of the molecule is Cc1cccc(C(=O)Nc2ccc(C(=O)NNC(=O)CCC(=O)OCCCc3ccccc3)cc2)c1. The van der Waals surface area contributed by atoms with E-state index in [-0.39, 0.29) is 25.4 Å². The molecule has 0 radical (unpaired) electrons. The number of nitrogens with one attached hydrogen (secondary N) is 3. The molecule has 0 atom stereocenters. The van der Waals surface area contributed by atoms with Gasteiger partial charge >= 0.3 is 5.97 Å². The minimum Gasteiger partial charge on any atom is -0.466 e. The summed E-state index contributed by atoms with van der Waals surface area (Å²) in [5.41, 5.74) is 8.10. The van der Waals surface area contributed by atoms with E-state index in [2.05, 4.69) is 16.2 Å². The number of anilines is 1. The Labute approximate surface area is 210 Å². The standard InChI is InChI=1S/C28H29N3O5/c1-20-7-5-11-23(19-20)27(34)29-24-14-12-22(13-15-24)28(35)31-30-25(32)16-17-26(33)36-18-6-10-21-8-3-2-4-9-21/h2-5,7-9,11-15,19H,6,10,16-18H2,1H3,(H,29,34)(H,30,32)(H,31,35). The summed E-state index contributed by atoms with van der Waals surface area (Å²) in [6.07, 6.45) is 1.32. The van der Waals surface area contributed by atoms with Crippen LogP contribution >= 0.6 is 0 Å². The van der Waals surface area contributed by atoms with Gasteiger partial charge in [0.15, 0.2) is 0 Å². The van der Waals surface area contributed by atoms with Crippen molar-refractivity contribution in [3.63, 3.8) is 0 Å². The number of rotatable bonds is 10. The van der Waals surface area contributed by atoms with Gasteiger partial charge in [-0.15, -0.1) is 0 Å². The van der Waals surface area contributed by atoms with Gasteiger partial charge in [-0.1, -0.05) is 48.0 Å². The first-order valence-electron chi connectivity index (χ1n) is 11.7. The maximum Gasteiger partial charge on any atom is 0.306 e. The van der Waals surface area contributed by atoms with Gasteiger partial charge in [0.05, 0.1) is 13.0 Å². The number of ether oxygens (including phenoxy) is 1. The van der Waals surface area contributed by atoms with Crippen LogP contribution in [-0.2, 0) is 20.7 Å². The summed E-state index contributed by atoms with van der Waals surface area (Å²) < 4.78 is 5.15. The number of amides is 3. The van der Waals surface area contributed by atoms with Crippen LogP contribution in [0.15, 0.2) is 78.9 Å². The molecule has 0 aliphatic rings. The van der Waals surface area contributed by atoms with Gasteiger partial charge in [-0.2, -0.15) is 0 Å². The van der Waals surface area contributed by atoms with Crippen molar-refractivity contribution in [2.24, 2.45) is 0 Å². The van der Waals surface area contributed by atoms with Gasteiger partial charge in [0, 0.05) is 23.2 Å². The molecule has 0 heterocycles. The second-order valence-electron chi connectivity index (χ2n) is 8.21. The molecule has 0 unspecified atom stereocenters. The third-order valence-electron chi connectivity index (χ3n) is 5.27. The molecule has 0 spiro atoms. The predicted molar refractivity (Wildman–Crippen MR) is 136 cm³/mol. The van der Waals surface area contributed by atoms with E-state index in [0.717, 1.165) is 12.0 Å². The number of hydrogen-bond donors (Lipinski definition) is 3. The first-order chi connectivity index (χ1) is 17.4. The lowest BCUT2D eigenvalue weighted by Crippen LogP contribution is -2.41. The van der Waals surface area contributed by atoms with Gasteiger partial charge in [0.2, 0.25) is 5.91 Å². The quantitative estimate of drug-likeness (QED) is 0.228. The van der Waals surface area contributed by atoms with Crippen molar-refractivity contribution in [1.82, 2.24) is 10.9 Å². The van der Waals surface area contributed by atoms with E-state index in [1.165, 1.54) is 17.7 Å². The van der Waals surface area contributed by atoms with Crippen LogP contribution in [0, 0.1) is 6.92 Å². The van der Waals surface area contributed by atoms with E-state index < -0.39 is 17.8 Å². The highest BCUT2D eigenvalue weighted by Gasteiger charge is 2.11. The van der Waals surface area contributed by atoms with Crippen LogP contribution < -0.4 is 16.2 Å². The first-order valence-corrected chi connectivity index (χ1v) is 11.7. The number of carbonyl (C=O) groups is 4. The van der Waals surface area contributed by atoms with Gasteiger partial charge in [0.1, 0.15) is 0 Å². The highest BCUT2D eigenvalue weighted by molar-refractivity contribution is 6.04. The fourth-order valence-corrected chi connectivity index (χ4v) is 3.35. The zero-order chi connectivity index (χ0) is 25.8. The van der Waals surface area contributed by atoms with Gasteiger partial charge in [-0.05, 0) is 61.7 Å². The van der Waals surface area contributed by atoms with Crippen LogP contribution in [0.3, 0.4) is 0 Å². The second-order valence-corrected chi connectivity index (χ2v) is 8.21. The Hall–Kier alpha value is -4.46. The lowest BCUT2D eigenvalue weighted by atomic mass is 10.1. The number of hydrazine groups is 1. The minimum absolute atomic E-state index is 0.0810. The highest BCUT2D eigenvalue weighted by atomic mass is 16.5. The Morgan fingerprint density at radius 2 is 1.50 bits per heavy atom. The normalized spacial score (nSPS) is 10.2. The van der Waals surface area contributed by atoms with Gasteiger partial charge < -0.3 is 10.1 Å². The second kappa shape index (κ2) is 13.4. The Kier molecular flexibility index (Phi) is 9.76. The fraction of sp³-hybridized carbons (Fsp3) is 0.214. The molecule has 0 aliphatic carbocycles. The zero-order valence-electron chi connectivity index (χ0n) is 20.1. The predicted octanol–water partition coefficient (Wildman–Crippen LogP) is 3.96. The summed E-state index contributed by atoms with van der Waals surface area (Å²) in [7, 11) is 0. The Balaban J connectivity index is 1.33. The molecular weight excluding hydrogens is 458 g/mol. The highest BCUT2D eigenvalue weighted by Crippen LogP contribution is 2.12. The van der Waals surface area contributed by atoms with E-state index in [1.807, 2.05) is 49.4 Å². The summed E-state index contributed by atoms with van der Waals surface area (Å²) in [5.74, 6) is -1.75. The summed E-state index contributed by atoms with van der Waals surface area (Å²) in [4.78, 5) is 48.4. The number of esters is 1. The number of aryl methyl sites for hydroxylation is 2. The molecule has 36 heavy (non-hydrogen) atoms. The van der Waals surface area contributed by atoms with Gasteiger partial charge in [0.25, 0.3) is 11.8 Å². The molecule has 3 N–H and O–H groups in total. The van der Waals surface area contributed by atoms with Crippen LogP contribution in [0.4, 0.5) is 5.69 Å². The molecule has 0 bridgehead atoms. The molecule has 0 aromatic heterocycles. The third kappa shape index (κ3) is 8.72. The summed E-state index contributed by atoms with van der Waals surface area (Å²) in [6, 6.07) is 23.4.